The number of benzene rings is 3. The first kappa shape index (κ1) is 19.9. The van der Waals surface area contributed by atoms with Gasteiger partial charge in [0, 0.05) is 30.9 Å². The normalized spacial score (nSPS) is 14.4. The number of nitrogens with one attached hydrogen (secondary N) is 1. The Kier molecular flexibility index (Phi) is 5.97. The van der Waals surface area contributed by atoms with Crippen LogP contribution in [0.5, 0.6) is 5.75 Å². The molecule has 4 rings (SSSR count). The van der Waals surface area contributed by atoms with Crippen LogP contribution in [0.3, 0.4) is 0 Å². The van der Waals surface area contributed by atoms with Gasteiger partial charge < -0.3 is 20.9 Å². The first-order valence-electron chi connectivity index (χ1n) is 9.98. The molecule has 0 spiro atoms. The number of anilines is 2. The van der Waals surface area contributed by atoms with Crippen LogP contribution in [0.25, 0.3) is 11.1 Å². The van der Waals surface area contributed by atoms with Gasteiger partial charge in [-0.05, 0) is 47.0 Å². The van der Waals surface area contributed by atoms with Crippen LogP contribution < -0.4 is 11.1 Å². The maximum absolute atomic E-state index is 12.9. The number of phenols is 1. The molecule has 0 saturated carbocycles. The number of carbonyl (C=O) groups is 1. The number of nitrogen functional groups attached to an aromatic ring is 1. The Bertz CT molecular complexity index is 1030. The molecule has 1 saturated heterocycles. The third-order valence-corrected chi connectivity index (χ3v) is 5.24. The largest absolute Gasteiger partial charge is 0.506 e. The minimum Gasteiger partial charge on any atom is -0.506 e. The number of hydrogen-bond acceptors (Lipinski definition) is 5. The quantitative estimate of drug-likeness (QED) is 0.343. The fourth-order valence-electron chi connectivity index (χ4n) is 3.60. The zero-order chi connectivity index (χ0) is 20.9. The fraction of sp³-hybridized carbons (Fsp3) is 0.208. The van der Waals surface area contributed by atoms with Gasteiger partial charge >= 0.3 is 0 Å². The molecule has 1 fully saturated rings. The van der Waals surface area contributed by atoms with Crippen molar-refractivity contribution in [3.63, 3.8) is 0 Å². The summed E-state index contributed by atoms with van der Waals surface area (Å²) in [6.07, 6.45) is 0. The number of nitrogens with zero attached hydrogens (tertiary/aromatic N) is 1. The molecule has 3 aromatic carbocycles. The number of morpholine rings is 1. The molecule has 0 bridgehead atoms. The Morgan fingerprint density at radius 2 is 1.80 bits per heavy atom. The predicted molar refractivity (Wildman–Crippen MR) is 118 cm³/mol. The summed E-state index contributed by atoms with van der Waals surface area (Å²) in [6.45, 7) is 3.95. The molecule has 6 heteroatoms. The minimum absolute atomic E-state index is 0.00647. The number of ether oxygens (including phenoxy) is 1. The summed E-state index contributed by atoms with van der Waals surface area (Å²) in [5.41, 5.74) is 10.4. The molecule has 1 heterocycles. The van der Waals surface area contributed by atoms with Gasteiger partial charge in [0.1, 0.15) is 5.75 Å². The van der Waals surface area contributed by atoms with E-state index in [0.29, 0.717) is 11.3 Å². The molecule has 1 aliphatic rings. The van der Waals surface area contributed by atoms with Gasteiger partial charge in [0.2, 0.25) is 0 Å². The first-order valence-corrected chi connectivity index (χ1v) is 9.98. The summed E-state index contributed by atoms with van der Waals surface area (Å²) >= 11 is 0. The van der Waals surface area contributed by atoms with Gasteiger partial charge in [0.15, 0.2) is 0 Å². The van der Waals surface area contributed by atoms with Crippen LogP contribution in [0.4, 0.5) is 11.4 Å². The molecule has 154 valence electrons. The van der Waals surface area contributed by atoms with Gasteiger partial charge in [-0.2, -0.15) is 0 Å². The van der Waals surface area contributed by atoms with Crippen LogP contribution in [0.1, 0.15) is 15.9 Å². The molecular formula is C24H25N3O3. The highest BCUT2D eigenvalue weighted by atomic mass is 16.5. The maximum Gasteiger partial charge on any atom is 0.255 e. The SMILES string of the molecule is Nc1cc(NC(=O)c2ccc(-c3ccccc3)c(CN3CCOCC3)c2)ccc1O. The summed E-state index contributed by atoms with van der Waals surface area (Å²) in [5, 5.41) is 12.4. The molecule has 1 amide bonds. The predicted octanol–water partition coefficient (Wildman–Crippen LogP) is 3.73. The zero-order valence-electron chi connectivity index (χ0n) is 16.7. The van der Waals surface area contributed by atoms with E-state index in [1.807, 2.05) is 36.4 Å². The Labute approximate surface area is 175 Å². The first-order chi connectivity index (χ1) is 14.6. The Balaban J connectivity index is 1.62. The van der Waals surface area contributed by atoms with E-state index in [1.165, 1.54) is 6.07 Å². The Hall–Kier alpha value is -3.35. The van der Waals surface area contributed by atoms with Crippen molar-refractivity contribution in [3.8, 4) is 16.9 Å². The molecule has 4 N–H and O–H groups in total. The van der Waals surface area contributed by atoms with Gasteiger partial charge in [-0.1, -0.05) is 36.4 Å². The number of aromatic hydroxyl groups is 1. The van der Waals surface area contributed by atoms with Crippen LogP contribution in [-0.4, -0.2) is 42.2 Å². The third-order valence-electron chi connectivity index (χ3n) is 5.24. The summed E-state index contributed by atoms with van der Waals surface area (Å²) in [7, 11) is 0. The zero-order valence-corrected chi connectivity index (χ0v) is 16.7. The van der Waals surface area contributed by atoms with E-state index in [1.54, 1.807) is 12.1 Å². The summed E-state index contributed by atoms with van der Waals surface area (Å²) in [5.74, 6) is -0.226. The number of hydrogen-bond donors (Lipinski definition) is 3. The average molecular weight is 403 g/mol. The van der Waals surface area contributed by atoms with Gasteiger partial charge in [-0.3, -0.25) is 9.69 Å². The highest BCUT2D eigenvalue weighted by molar-refractivity contribution is 6.05. The number of phenolic OH excluding ortho intramolecular Hbond substituents is 1. The molecule has 3 aromatic rings. The van der Waals surface area contributed by atoms with Gasteiger partial charge in [0.25, 0.3) is 5.91 Å². The lowest BCUT2D eigenvalue weighted by molar-refractivity contribution is 0.0342. The highest BCUT2D eigenvalue weighted by Crippen LogP contribution is 2.27. The van der Waals surface area contributed by atoms with Crippen LogP contribution in [0.2, 0.25) is 0 Å². The molecule has 0 aromatic heterocycles. The number of amides is 1. The smallest absolute Gasteiger partial charge is 0.255 e. The lowest BCUT2D eigenvalue weighted by atomic mass is 9.96. The van der Waals surface area contributed by atoms with Gasteiger partial charge in [-0.25, -0.2) is 0 Å². The minimum atomic E-state index is -0.220. The van der Waals surface area contributed by atoms with Crippen molar-refractivity contribution >= 4 is 17.3 Å². The van der Waals surface area contributed by atoms with E-state index in [-0.39, 0.29) is 17.3 Å². The van der Waals surface area contributed by atoms with Crippen LogP contribution >= 0.6 is 0 Å². The molecule has 6 nitrogen and oxygen atoms in total. The molecule has 0 unspecified atom stereocenters. The molecular weight excluding hydrogens is 378 g/mol. The highest BCUT2D eigenvalue weighted by Gasteiger charge is 2.16. The molecule has 0 radical (unpaired) electrons. The van der Waals surface area contributed by atoms with Gasteiger partial charge in [0.05, 0.1) is 18.9 Å². The second-order valence-electron chi connectivity index (χ2n) is 7.35. The monoisotopic (exact) mass is 403 g/mol. The van der Waals surface area contributed by atoms with Crippen LogP contribution in [-0.2, 0) is 11.3 Å². The molecule has 0 atom stereocenters. The van der Waals surface area contributed by atoms with Crippen molar-refractivity contribution in [2.24, 2.45) is 0 Å². The van der Waals surface area contributed by atoms with Crippen molar-refractivity contribution in [1.29, 1.82) is 0 Å². The lowest BCUT2D eigenvalue weighted by Gasteiger charge is -2.27. The van der Waals surface area contributed by atoms with E-state index in [0.717, 1.165) is 49.5 Å². The second kappa shape index (κ2) is 8.98. The topological polar surface area (TPSA) is 87.8 Å². The standard InChI is InChI=1S/C24H25N3O3/c25-22-15-20(7-9-23(22)28)26-24(29)18-6-8-21(17-4-2-1-3-5-17)19(14-18)16-27-10-12-30-13-11-27/h1-9,14-15,28H,10-13,16,25H2,(H,26,29). The summed E-state index contributed by atoms with van der Waals surface area (Å²) in [6, 6.07) is 20.6. The number of nitrogens with two attached hydrogens (primary N) is 1. The lowest BCUT2D eigenvalue weighted by Crippen LogP contribution is -2.35. The van der Waals surface area contributed by atoms with Crippen molar-refractivity contribution < 1.29 is 14.6 Å². The van der Waals surface area contributed by atoms with E-state index in [2.05, 4.69) is 22.3 Å². The number of rotatable bonds is 5. The van der Waals surface area contributed by atoms with Gasteiger partial charge in [-0.15, -0.1) is 0 Å². The number of carbonyl (C=O) groups excluding carboxylic acids is 1. The van der Waals surface area contributed by atoms with Crippen molar-refractivity contribution in [2.75, 3.05) is 37.4 Å². The Morgan fingerprint density at radius 3 is 2.53 bits per heavy atom. The maximum atomic E-state index is 12.9. The van der Waals surface area contributed by atoms with E-state index >= 15 is 0 Å². The molecule has 1 aliphatic heterocycles. The molecule has 0 aliphatic carbocycles. The van der Waals surface area contributed by atoms with E-state index < -0.39 is 0 Å². The summed E-state index contributed by atoms with van der Waals surface area (Å²) in [4.78, 5) is 15.2. The molecule has 30 heavy (non-hydrogen) atoms. The van der Waals surface area contributed by atoms with Crippen LogP contribution in [0, 0.1) is 0 Å². The van der Waals surface area contributed by atoms with Crippen molar-refractivity contribution in [1.82, 2.24) is 4.90 Å². The van der Waals surface area contributed by atoms with E-state index in [4.69, 9.17) is 10.5 Å². The van der Waals surface area contributed by atoms with Crippen LogP contribution in [0.15, 0.2) is 66.7 Å². The van der Waals surface area contributed by atoms with E-state index in [9.17, 15) is 9.90 Å². The fourth-order valence-corrected chi connectivity index (χ4v) is 3.60. The van der Waals surface area contributed by atoms with Crippen molar-refractivity contribution in [2.45, 2.75) is 6.54 Å². The average Bonchev–Trinajstić information content (AvgIpc) is 2.77. The second-order valence-corrected chi connectivity index (χ2v) is 7.35. The third kappa shape index (κ3) is 4.62. The Morgan fingerprint density at radius 1 is 1.03 bits per heavy atom. The summed E-state index contributed by atoms with van der Waals surface area (Å²) < 4.78 is 5.46. The van der Waals surface area contributed by atoms with Crippen molar-refractivity contribution in [3.05, 3.63) is 77.9 Å².